The second kappa shape index (κ2) is 8.27. The summed E-state index contributed by atoms with van der Waals surface area (Å²) in [4.78, 5) is 7.54. The third-order valence-corrected chi connectivity index (χ3v) is 7.40. The summed E-state index contributed by atoms with van der Waals surface area (Å²) in [5.74, 6) is 0.875. The Labute approximate surface area is 192 Å². The zero-order valence-corrected chi connectivity index (χ0v) is 19.6. The number of fused-ring (bicyclic) bond motifs is 4. The number of nitrogens with zero attached hydrogens (tertiary/aromatic N) is 2. The summed E-state index contributed by atoms with van der Waals surface area (Å²) < 4.78 is 6.97. The normalized spacial score (nSPS) is 20.4. The molecule has 0 bridgehead atoms. The number of anilines is 1. The molecule has 166 valence electrons. The molecule has 3 heteroatoms. The molecule has 1 spiro atoms. The Morgan fingerprint density at radius 1 is 0.844 bits per heavy atom. The Bertz CT molecular complexity index is 1150. The smallest absolute Gasteiger partial charge is 0.228 e. The Balaban J connectivity index is 1.51. The Hall–Kier alpha value is -2.81. The van der Waals surface area contributed by atoms with Crippen molar-refractivity contribution in [3.8, 4) is 5.75 Å². The van der Waals surface area contributed by atoms with Gasteiger partial charge in [0.05, 0.1) is 11.6 Å². The lowest BCUT2D eigenvalue weighted by Crippen LogP contribution is -2.62. The van der Waals surface area contributed by atoms with Gasteiger partial charge in [-0.1, -0.05) is 87.6 Å². The summed E-state index contributed by atoms with van der Waals surface area (Å²) in [6.45, 7) is 7.84. The van der Waals surface area contributed by atoms with E-state index >= 15 is 0 Å². The average Bonchev–Trinajstić information content (AvgIpc) is 2.99. The molecule has 32 heavy (non-hydrogen) atoms. The van der Waals surface area contributed by atoms with Crippen LogP contribution in [0.5, 0.6) is 5.75 Å². The molecule has 0 radical (unpaired) electrons. The number of ether oxygens (including phenoxy) is 1. The third-order valence-electron chi connectivity index (χ3n) is 7.40. The highest BCUT2D eigenvalue weighted by molar-refractivity contribution is 5.99. The van der Waals surface area contributed by atoms with Gasteiger partial charge in [0.1, 0.15) is 11.4 Å². The topological polar surface area (TPSA) is 24.8 Å². The van der Waals surface area contributed by atoms with Gasteiger partial charge in [0.25, 0.3) is 0 Å². The summed E-state index contributed by atoms with van der Waals surface area (Å²) in [6.07, 6.45) is 9.77. The first-order valence-electron chi connectivity index (χ1n) is 12.2. The van der Waals surface area contributed by atoms with Crippen LogP contribution in [0.1, 0.15) is 64.9 Å². The van der Waals surface area contributed by atoms with Crippen LogP contribution in [0.4, 0.5) is 11.4 Å². The maximum Gasteiger partial charge on any atom is 0.228 e. The maximum atomic E-state index is 6.97. The number of benzene rings is 3. The van der Waals surface area contributed by atoms with E-state index in [1.54, 1.807) is 0 Å². The van der Waals surface area contributed by atoms with Gasteiger partial charge in [0.15, 0.2) is 0 Å². The van der Waals surface area contributed by atoms with Crippen molar-refractivity contribution in [1.29, 1.82) is 0 Å². The van der Waals surface area contributed by atoms with E-state index < -0.39 is 5.72 Å². The molecule has 1 atom stereocenters. The first-order valence-corrected chi connectivity index (χ1v) is 12.2. The molecule has 0 amide bonds. The van der Waals surface area contributed by atoms with E-state index in [0.717, 1.165) is 29.8 Å². The molecule has 3 nitrogen and oxygen atoms in total. The summed E-state index contributed by atoms with van der Waals surface area (Å²) in [5, 5.41) is 2.34. The Kier molecular flexibility index (Phi) is 5.44. The van der Waals surface area contributed by atoms with Crippen LogP contribution >= 0.6 is 0 Å². The fourth-order valence-electron chi connectivity index (χ4n) is 5.49. The third kappa shape index (κ3) is 3.21. The van der Waals surface area contributed by atoms with Crippen molar-refractivity contribution in [3.05, 3.63) is 66.2 Å². The molecule has 0 aliphatic carbocycles. The average molecular weight is 427 g/mol. The highest BCUT2D eigenvalue weighted by atomic mass is 16.5. The first-order chi connectivity index (χ1) is 15.6. The summed E-state index contributed by atoms with van der Waals surface area (Å²) >= 11 is 0. The standard InChI is InChI=1S/C29H34N2O/c1-4-5-6-7-8-13-20-31-25-17-12-11-16-24(25)28(2,3)29(31)21-30-27-23-15-10-9-14-22(23)18-19-26(27)32-29/h9-12,14-19,21H,4-8,13,20H2,1-3H3. The first kappa shape index (κ1) is 21.1. The van der Waals surface area contributed by atoms with E-state index in [0.29, 0.717) is 0 Å². The lowest BCUT2D eigenvalue weighted by molar-refractivity contribution is 0.0774. The zero-order chi connectivity index (χ0) is 22.2. The van der Waals surface area contributed by atoms with E-state index in [2.05, 4.69) is 92.5 Å². The Morgan fingerprint density at radius 2 is 1.59 bits per heavy atom. The van der Waals surface area contributed by atoms with E-state index in [4.69, 9.17) is 9.73 Å². The molecule has 2 aliphatic rings. The number of hydrogen-bond donors (Lipinski definition) is 0. The monoisotopic (exact) mass is 426 g/mol. The molecule has 2 heterocycles. The molecule has 1 unspecified atom stereocenters. The number of aliphatic imine (C=N–C) groups is 1. The molecule has 5 rings (SSSR count). The van der Waals surface area contributed by atoms with Gasteiger partial charge < -0.3 is 9.64 Å². The highest BCUT2D eigenvalue weighted by Crippen LogP contribution is 2.54. The molecule has 0 saturated heterocycles. The lowest BCUT2D eigenvalue weighted by Gasteiger charge is -2.46. The molecular formula is C29H34N2O. The van der Waals surface area contributed by atoms with Crippen LogP contribution in [0, 0.1) is 0 Å². The molecule has 0 N–H and O–H groups in total. The van der Waals surface area contributed by atoms with Gasteiger partial charge in [-0.2, -0.15) is 0 Å². The van der Waals surface area contributed by atoms with E-state index in [1.165, 1.54) is 48.7 Å². The predicted molar refractivity (Wildman–Crippen MR) is 136 cm³/mol. The molecule has 0 aromatic heterocycles. The van der Waals surface area contributed by atoms with Crippen LogP contribution in [0.2, 0.25) is 0 Å². The van der Waals surface area contributed by atoms with Crippen LogP contribution in [0.25, 0.3) is 10.8 Å². The van der Waals surface area contributed by atoms with Crippen molar-refractivity contribution in [3.63, 3.8) is 0 Å². The van der Waals surface area contributed by atoms with Gasteiger partial charge in [-0.05, 0) is 43.4 Å². The van der Waals surface area contributed by atoms with Gasteiger partial charge in [-0.15, -0.1) is 0 Å². The minimum absolute atomic E-state index is 0.224. The molecule has 2 aliphatic heterocycles. The van der Waals surface area contributed by atoms with E-state index in [1.807, 2.05) is 0 Å². The minimum atomic E-state index is -0.616. The van der Waals surface area contributed by atoms with Crippen molar-refractivity contribution < 1.29 is 4.74 Å². The Morgan fingerprint density at radius 3 is 2.47 bits per heavy atom. The number of rotatable bonds is 7. The van der Waals surface area contributed by atoms with Crippen molar-refractivity contribution in [1.82, 2.24) is 0 Å². The van der Waals surface area contributed by atoms with Crippen LogP contribution in [-0.2, 0) is 5.41 Å². The van der Waals surface area contributed by atoms with Gasteiger partial charge in [-0.3, -0.25) is 4.99 Å². The van der Waals surface area contributed by atoms with Gasteiger partial charge in [-0.25, -0.2) is 0 Å². The van der Waals surface area contributed by atoms with Crippen LogP contribution in [0.3, 0.4) is 0 Å². The van der Waals surface area contributed by atoms with E-state index in [9.17, 15) is 0 Å². The molecule has 0 saturated carbocycles. The second-order valence-corrected chi connectivity index (χ2v) is 9.75. The van der Waals surface area contributed by atoms with Gasteiger partial charge >= 0.3 is 0 Å². The summed E-state index contributed by atoms with van der Waals surface area (Å²) in [5.41, 5.74) is 2.72. The van der Waals surface area contributed by atoms with E-state index in [-0.39, 0.29) is 5.41 Å². The summed E-state index contributed by atoms with van der Waals surface area (Å²) in [7, 11) is 0. The van der Waals surface area contributed by atoms with Gasteiger partial charge in [0.2, 0.25) is 5.72 Å². The lowest BCUT2D eigenvalue weighted by atomic mass is 9.77. The van der Waals surface area contributed by atoms with Crippen molar-refractivity contribution in [2.75, 3.05) is 11.4 Å². The SMILES string of the molecule is CCCCCCCCN1c2ccccc2C(C)(C)C12C=Nc1c(ccc3ccccc13)O2. The van der Waals surface area contributed by atoms with Crippen molar-refractivity contribution in [2.24, 2.45) is 4.99 Å². The predicted octanol–water partition coefficient (Wildman–Crippen LogP) is 7.79. The van der Waals surface area contributed by atoms with Crippen LogP contribution < -0.4 is 9.64 Å². The maximum absolute atomic E-state index is 6.97. The fraction of sp³-hybridized carbons (Fsp3) is 0.414. The molecular weight excluding hydrogens is 392 g/mol. The minimum Gasteiger partial charge on any atom is -0.459 e. The van der Waals surface area contributed by atoms with Crippen LogP contribution in [-0.4, -0.2) is 18.5 Å². The number of para-hydroxylation sites is 1. The zero-order valence-electron chi connectivity index (χ0n) is 19.6. The molecule has 0 fully saturated rings. The second-order valence-electron chi connectivity index (χ2n) is 9.75. The number of unbranched alkanes of at least 4 members (excludes halogenated alkanes) is 5. The van der Waals surface area contributed by atoms with Crippen LogP contribution in [0.15, 0.2) is 65.7 Å². The highest BCUT2D eigenvalue weighted by Gasteiger charge is 2.59. The molecule has 3 aromatic rings. The van der Waals surface area contributed by atoms with Crippen molar-refractivity contribution in [2.45, 2.75) is 70.4 Å². The number of hydrogen-bond acceptors (Lipinski definition) is 3. The van der Waals surface area contributed by atoms with Crippen molar-refractivity contribution >= 4 is 28.4 Å². The summed E-state index contributed by atoms with van der Waals surface area (Å²) in [6, 6.07) is 21.4. The van der Waals surface area contributed by atoms with Gasteiger partial charge in [0, 0.05) is 17.6 Å². The quantitative estimate of drug-likeness (QED) is 0.360. The largest absolute Gasteiger partial charge is 0.459 e. The fourth-order valence-corrected chi connectivity index (χ4v) is 5.49. The molecule has 3 aromatic carbocycles.